The number of hydrogen-bond donors (Lipinski definition) is 2. The van der Waals surface area contributed by atoms with Gasteiger partial charge in [-0.05, 0) is 32.6 Å². The third-order valence-electron chi connectivity index (χ3n) is 3.95. The van der Waals surface area contributed by atoms with Crippen molar-refractivity contribution in [2.24, 2.45) is 10.9 Å². The molecule has 0 aliphatic rings. The van der Waals surface area contributed by atoms with Crippen molar-refractivity contribution >= 4 is 29.9 Å². The van der Waals surface area contributed by atoms with Gasteiger partial charge in [0.05, 0.1) is 18.8 Å². The van der Waals surface area contributed by atoms with Crippen molar-refractivity contribution in [2.75, 3.05) is 27.3 Å². The Morgan fingerprint density at radius 1 is 1.29 bits per heavy atom. The number of halogens is 1. The first-order chi connectivity index (χ1) is 11.0. The van der Waals surface area contributed by atoms with E-state index in [0.717, 1.165) is 43.6 Å². The number of aliphatic imine (C=N–C) groups is 1. The fraction of sp³-hybridized carbons (Fsp3) is 0.765. The van der Waals surface area contributed by atoms with Gasteiger partial charge in [0.2, 0.25) is 0 Å². The number of aromatic nitrogens is 2. The summed E-state index contributed by atoms with van der Waals surface area (Å²) in [6.07, 6.45) is 2.39. The van der Waals surface area contributed by atoms with Gasteiger partial charge in [-0.15, -0.1) is 24.0 Å². The molecule has 0 spiro atoms. The van der Waals surface area contributed by atoms with Crippen molar-refractivity contribution in [1.29, 1.82) is 0 Å². The van der Waals surface area contributed by atoms with Gasteiger partial charge in [-0.2, -0.15) is 5.10 Å². The molecule has 1 heterocycles. The summed E-state index contributed by atoms with van der Waals surface area (Å²) in [6.45, 7) is 11.8. The van der Waals surface area contributed by atoms with Gasteiger partial charge in [-0.3, -0.25) is 9.67 Å². The van der Waals surface area contributed by atoms with E-state index < -0.39 is 0 Å². The van der Waals surface area contributed by atoms with Crippen LogP contribution in [0.3, 0.4) is 0 Å². The SMILES string of the molecule is CN=C(NCCCC(C)C)NCc1c(C)nn(CCOC)c1C.I. The Hall–Kier alpha value is -0.830. The molecular formula is C17H34IN5O. The lowest BCUT2D eigenvalue weighted by atomic mass is 10.1. The molecule has 0 atom stereocenters. The fourth-order valence-corrected chi connectivity index (χ4v) is 2.50. The van der Waals surface area contributed by atoms with Gasteiger partial charge in [0, 0.05) is 38.5 Å². The minimum atomic E-state index is 0. The fourth-order valence-electron chi connectivity index (χ4n) is 2.50. The van der Waals surface area contributed by atoms with Gasteiger partial charge in [0.15, 0.2) is 5.96 Å². The second-order valence-corrected chi connectivity index (χ2v) is 6.25. The summed E-state index contributed by atoms with van der Waals surface area (Å²) in [5.74, 6) is 1.59. The topological polar surface area (TPSA) is 63.5 Å². The second kappa shape index (κ2) is 12.5. The molecule has 0 aliphatic heterocycles. The Morgan fingerprint density at radius 3 is 2.58 bits per heavy atom. The molecule has 7 heteroatoms. The van der Waals surface area contributed by atoms with Crippen LogP contribution in [-0.2, 0) is 17.8 Å². The maximum Gasteiger partial charge on any atom is 0.191 e. The Kier molecular flexibility index (Phi) is 12.1. The van der Waals surface area contributed by atoms with Crippen LogP contribution in [0.4, 0.5) is 0 Å². The summed E-state index contributed by atoms with van der Waals surface area (Å²) in [7, 11) is 3.52. The summed E-state index contributed by atoms with van der Waals surface area (Å²) in [4.78, 5) is 4.28. The number of guanidine groups is 1. The summed E-state index contributed by atoms with van der Waals surface area (Å²) in [5, 5.41) is 11.3. The Bertz CT molecular complexity index is 499. The van der Waals surface area contributed by atoms with Crippen molar-refractivity contribution in [1.82, 2.24) is 20.4 Å². The smallest absolute Gasteiger partial charge is 0.191 e. The molecule has 0 amide bonds. The first kappa shape index (κ1) is 23.2. The zero-order chi connectivity index (χ0) is 17.2. The zero-order valence-corrected chi connectivity index (χ0v) is 18.3. The van der Waals surface area contributed by atoms with Crippen LogP contribution in [0, 0.1) is 19.8 Å². The van der Waals surface area contributed by atoms with E-state index in [1.54, 1.807) is 14.2 Å². The van der Waals surface area contributed by atoms with Gasteiger partial charge in [-0.1, -0.05) is 13.8 Å². The van der Waals surface area contributed by atoms with Gasteiger partial charge >= 0.3 is 0 Å². The maximum atomic E-state index is 5.13. The van der Waals surface area contributed by atoms with E-state index in [1.807, 2.05) is 11.6 Å². The molecule has 0 radical (unpaired) electrons. The number of hydrogen-bond acceptors (Lipinski definition) is 3. The first-order valence-corrected chi connectivity index (χ1v) is 8.45. The van der Waals surface area contributed by atoms with Gasteiger partial charge < -0.3 is 15.4 Å². The molecule has 0 saturated heterocycles. The molecule has 24 heavy (non-hydrogen) atoms. The second-order valence-electron chi connectivity index (χ2n) is 6.25. The van der Waals surface area contributed by atoms with Gasteiger partial charge in [-0.25, -0.2) is 0 Å². The monoisotopic (exact) mass is 451 g/mol. The van der Waals surface area contributed by atoms with Crippen molar-refractivity contribution in [3.63, 3.8) is 0 Å². The quantitative estimate of drug-likeness (QED) is 0.262. The predicted octanol–water partition coefficient (Wildman–Crippen LogP) is 2.87. The van der Waals surface area contributed by atoms with E-state index in [1.165, 1.54) is 17.7 Å². The normalized spacial score (nSPS) is 11.5. The highest BCUT2D eigenvalue weighted by Crippen LogP contribution is 2.12. The van der Waals surface area contributed by atoms with Crippen LogP contribution in [-0.4, -0.2) is 43.0 Å². The number of nitrogens with zero attached hydrogens (tertiary/aromatic N) is 3. The number of ether oxygens (including phenoxy) is 1. The molecule has 0 unspecified atom stereocenters. The highest BCUT2D eigenvalue weighted by Gasteiger charge is 2.11. The van der Waals surface area contributed by atoms with E-state index in [2.05, 4.69) is 41.5 Å². The minimum Gasteiger partial charge on any atom is -0.383 e. The van der Waals surface area contributed by atoms with Crippen molar-refractivity contribution < 1.29 is 4.74 Å². The Balaban J connectivity index is 0.00000529. The average molecular weight is 451 g/mol. The minimum absolute atomic E-state index is 0. The third kappa shape index (κ3) is 7.83. The molecule has 1 aromatic rings. The molecule has 6 nitrogen and oxygen atoms in total. The first-order valence-electron chi connectivity index (χ1n) is 8.45. The predicted molar refractivity (Wildman–Crippen MR) is 111 cm³/mol. The molecular weight excluding hydrogens is 417 g/mol. The molecule has 0 fully saturated rings. The van der Waals surface area contributed by atoms with Crippen LogP contribution in [0.2, 0.25) is 0 Å². The van der Waals surface area contributed by atoms with Crippen molar-refractivity contribution in [3.05, 3.63) is 17.0 Å². The highest BCUT2D eigenvalue weighted by atomic mass is 127. The van der Waals surface area contributed by atoms with Gasteiger partial charge in [0.1, 0.15) is 0 Å². The summed E-state index contributed by atoms with van der Waals surface area (Å²) < 4.78 is 7.14. The van der Waals surface area contributed by atoms with Crippen LogP contribution in [0.25, 0.3) is 0 Å². The summed E-state index contributed by atoms with van der Waals surface area (Å²) in [6, 6.07) is 0. The Labute approximate surface area is 163 Å². The van der Waals surface area contributed by atoms with E-state index in [-0.39, 0.29) is 24.0 Å². The molecule has 1 aromatic heterocycles. The van der Waals surface area contributed by atoms with Crippen LogP contribution in [0.5, 0.6) is 0 Å². The third-order valence-corrected chi connectivity index (χ3v) is 3.95. The lowest BCUT2D eigenvalue weighted by Crippen LogP contribution is -2.37. The molecule has 1 rings (SSSR count). The molecule has 2 N–H and O–H groups in total. The average Bonchev–Trinajstić information content (AvgIpc) is 2.78. The standard InChI is InChI=1S/C17H33N5O.HI/c1-13(2)8-7-9-19-17(18-5)20-12-16-14(3)21-22(15(16)4)10-11-23-6;/h13H,7-12H2,1-6H3,(H2,18,19,20);1H. The molecule has 140 valence electrons. The van der Waals surface area contributed by atoms with E-state index in [4.69, 9.17) is 4.74 Å². The maximum absolute atomic E-state index is 5.13. The van der Waals surface area contributed by atoms with Gasteiger partial charge in [0.25, 0.3) is 0 Å². The highest BCUT2D eigenvalue weighted by molar-refractivity contribution is 14.0. The lowest BCUT2D eigenvalue weighted by Gasteiger charge is -2.13. The molecule has 0 bridgehead atoms. The van der Waals surface area contributed by atoms with Crippen molar-refractivity contribution in [3.8, 4) is 0 Å². The lowest BCUT2D eigenvalue weighted by molar-refractivity contribution is 0.182. The zero-order valence-electron chi connectivity index (χ0n) is 16.0. The number of aryl methyl sites for hydroxylation is 1. The number of nitrogens with one attached hydrogen (secondary N) is 2. The molecule has 0 aliphatic carbocycles. The molecule has 0 aromatic carbocycles. The van der Waals surface area contributed by atoms with E-state index >= 15 is 0 Å². The van der Waals surface area contributed by atoms with Crippen LogP contribution in [0.1, 0.15) is 43.6 Å². The van der Waals surface area contributed by atoms with Crippen molar-refractivity contribution in [2.45, 2.75) is 53.6 Å². The number of methoxy groups -OCH3 is 1. The summed E-state index contributed by atoms with van der Waals surface area (Å²) >= 11 is 0. The largest absolute Gasteiger partial charge is 0.383 e. The van der Waals surface area contributed by atoms with Crippen LogP contribution in [0.15, 0.2) is 4.99 Å². The molecule has 0 saturated carbocycles. The Morgan fingerprint density at radius 2 is 2.00 bits per heavy atom. The van der Waals surface area contributed by atoms with Crippen LogP contribution >= 0.6 is 24.0 Å². The van der Waals surface area contributed by atoms with Crippen LogP contribution < -0.4 is 10.6 Å². The van der Waals surface area contributed by atoms with E-state index in [9.17, 15) is 0 Å². The van der Waals surface area contributed by atoms with E-state index in [0.29, 0.717) is 6.61 Å². The summed E-state index contributed by atoms with van der Waals surface area (Å²) in [5.41, 5.74) is 3.47. The number of rotatable bonds is 9.